The molecule has 2 fully saturated rings. The van der Waals surface area contributed by atoms with Crippen molar-refractivity contribution in [3.8, 4) is 0 Å². The molecule has 102 valence electrons. The van der Waals surface area contributed by atoms with Gasteiger partial charge in [-0.05, 0) is 12.8 Å². The molecule has 3 unspecified atom stereocenters. The predicted octanol–water partition coefficient (Wildman–Crippen LogP) is 1.39. The standard InChI is InChI=1S/C13H21ClN2O2/c1-8(14)7-16-11(17)13(15)9-5-4-6-18-10(9)12(13,2)3/h9-10H,1,4-7,15H2,2-3H3,(H,16,17). The summed E-state index contributed by atoms with van der Waals surface area (Å²) in [4.78, 5) is 12.3. The number of hydrogen-bond acceptors (Lipinski definition) is 3. The van der Waals surface area contributed by atoms with Crippen LogP contribution in [0.5, 0.6) is 0 Å². The summed E-state index contributed by atoms with van der Waals surface area (Å²) in [6, 6.07) is 0. The van der Waals surface area contributed by atoms with Crippen LogP contribution in [0.25, 0.3) is 0 Å². The Morgan fingerprint density at radius 2 is 2.28 bits per heavy atom. The van der Waals surface area contributed by atoms with Crippen molar-refractivity contribution in [1.82, 2.24) is 5.32 Å². The number of halogens is 1. The minimum Gasteiger partial charge on any atom is -0.377 e. The maximum atomic E-state index is 12.3. The maximum Gasteiger partial charge on any atom is 0.241 e. The van der Waals surface area contributed by atoms with E-state index in [1.807, 2.05) is 13.8 Å². The molecule has 4 nitrogen and oxygen atoms in total. The molecule has 1 saturated heterocycles. The van der Waals surface area contributed by atoms with Crippen molar-refractivity contribution >= 4 is 17.5 Å². The monoisotopic (exact) mass is 272 g/mol. The molecule has 0 aromatic heterocycles. The molecule has 0 radical (unpaired) electrons. The van der Waals surface area contributed by atoms with Crippen LogP contribution in [-0.4, -0.2) is 30.7 Å². The molecule has 1 aliphatic heterocycles. The zero-order valence-electron chi connectivity index (χ0n) is 11.0. The van der Waals surface area contributed by atoms with Gasteiger partial charge in [-0.15, -0.1) is 0 Å². The van der Waals surface area contributed by atoms with Crippen molar-refractivity contribution < 1.29 is 9.53 Å². The second-order valence-electron chi connectivity index (χ2n) is 5.83. The average Bonchev–Trinajstić information content (AvgIpc) is 2.34. The molecule has 5 heteroatoms. The van der Waals surface area contributed by atoms with Gasteiger partial charge in [-0.25, -0.2) is 0 Å². The number of ether oxygens (including phenoxy) is 1. The SMILES string of the molecule is C=C(Cl)CNC(=O)C1(N)C2CCCOC2C1(C)C. The van der Waals surface area contributed by atoms with Gasteiger partial charge >= 0.3 is 0 Å². The van der Waals surface area contributed by atoms with E-state index in [2.05, 4.69) is 11.9 Å². The average molecular weight is 273 g/mol. The van der Waals surface area contributed by atoms with Crippen LogP contribution in [0.3, 0.4) is 0 Å². The number of amides is 1. The van der Waals surface area contributed by atoms with E-state index in [-0.39, 0.29) is 29.9 Å². The molecule has 18 heavy (non-hydrogen) atoms. The summed E-state index contributed by atoms with van der Waals surface area (Å²) in [6.45, 7) is 8.57. The Hall–Kier alpha value is -0.580. The lowest BCUT2D eigenvalue weighted by Crippen LogP contribution is -2.82. The Morgan fingerprint density at radius 3 is 2.89 bits per heavy atom. The molecule has 2 aliphatic rings. The Bertz CT molecular complexity index is 383. The Balaban J connectivity index is 2.13. The summed E-state index contributed by atoms with van der Waals surface area (Å²) >= 11 is 5.67. The molecular formula is C13H21ClN2O2. The summed E-state index contributed by atoms with van der Waals surface area (Å²) < 4.78 is 5.76. The molecule has 0 bridgehead atoms. The molecule has 0 spiro atoms. The van der Waals surface area contributed by atoms with Crippen LogP contribution >= 0.6 is 11.6 Å². The van der Waals surface area contributed by atoms with Gasteiger partial charge in [0.2, 0.25) is 5.91 Å². The normalized spacial score (nSPS) is 37.3. The largest absolute Gasteiger partial charge is 0.377 e. The first-order chi connectivity index (χ1) is 8.31. The van der Waals surface area contributed by atoms with E-state index in [4.69, 9.17) is 22.1 Å². The van der Waals surface area contributed by atoms with E-state index in [1.165, 1.54) is 0 Å². The molecule has 1 saturated carbocycles. The molecule has 1 aliphatic carbocycles. The summed E-state index contributed by atoms with van der Waals surface area (Å²) in [7, 11) is 0. The second-order valence-corrected chi connectivity index (χ2v) is 6.37. The van der Waals surface area contributed by atoms with Gasteiger partial charge in [-0.2, -0.15) is 0 Å². The van der Waals surface area contributed by atoms with Crippen molar-refractivity contribution in [2.45, 2.75) is 38.3 Å². The third-order valence-electron chi connectivity index (χ3n) is 4.50. The lowest BCUT2D eigenvalue weighted by Gasteiger charge is -2.65. The number of carbonyl (C=O) groups excluding carboxylic acids is 1. The number of hydrogen-bond donors (Lipinski definition) is 2. The lowest BCUT2D eigenvalue weighted by atomic mass is 9.46. The van der Waals surface area contributed by atoms with E-state index in [0.29, 0.717) is 5.03 Å². The van der Waals surface area contributed by atoms with Crippen LogP contribution < -0.4 is 11.1 Å². The Labute approximate surface area is 113 Å². The first kappa shape index (κ1) is 13.8. The third kappa shape index (κ3) is 1.78. The van der Waals surface area contributed by atoms with Crippen molar-refractivity contribution in [2.24, 2.45) is 17.1 Å². The molecule has 0 aromatic rings. The number of nitrogens with one attached hydrogen (secondary N) is 1. The summed E-state index contributed by atoms with van der Waals surface area (Å²) in [5, 5.41) is 3.17. The summed E-state index contributed by atoms with van der Waals surface area (Å²) in [6.07, 6.45) is 1.99. The van der Waals surface area contributed by atoms with Gasteiger partial charge in [0.15, 0.2) is 0 Å². The molecule has 3 N–H and O–H groups in total. The minimum absolute atomic E-state index is 0.0844. The van der Waals surface area contributed by atoms with Gasteiger partial charge in [0.05, 0.1) is 12.6 Å². The van der Waals surface area contributed by atoms with Gasteiger partial charge in [0, 0.05) is 23.0 Å². The topological polar surface area (TPSA) is 64.4 Å². The fourth-order valence-electron chi connectivity index (χ4n) is 3.36. The van der Waals surface area contributed by atoms with Crippen molar-refractivity contribution in [1.29, 1.82) is 0 Å². The predicted molar refractivity (Wildman–Crippen MR) is 71.2 cm³/mol. The lowest BCUT2D eigenvalue weighted by molar-refractivity contribution is -0.225. The highest BCUT2D eigenvalue weighted by Crippen LogP contribution is 2.57. The van der Waals surface area contributed by atoms with Gasteiger partial charge < -0.3 is 15.8 Å². The van der Waals surface area contributed by atoms with Gasteiger partial charge in [-0.1, -0.05) is 32.0 Å². The quantitative estimate of drug-likeness (QED) is 0.816. The summed E-state index contributed by atoms with van der Waals surface area (Å²) in [5.74, 6) is -0.0501. The summed E-state index contributed by atoms with van der Waals surface area (Å²) in [5.41, 5.74) is 5.18. The molecular weight excluding hydrogens is 252 g/mol. The van der Waals surface area contributed by atoms with Crippen LogP contribution in [0.4, 0.5) is 0 Å². The van der Waals surface area contributed by atoms with Gasteiger partial charge in [-0.3, -0.25) is 4.79 Å². The van der Waals surface area contributed by atoms with E-state index < -0.39 is 5.54 Å². The van der Waals surface area contributed by atoms with Crippen LogP contribution in [0.15, 0.2) is 11.6 Å². The Kier molecular flexibility index (Phi) is 3.47. The maximum absolute atomic E-state index is 12.3. The number of fused-ring (bicyclic) bond motifs is 1. The van der Waals surface area contributed by atoms with Crippen molar-refractivity contribution in [3.05, 3.63) is 11.6 Å². The van der Waals surface area contributed by atoms with Crippen molar-refractivity contribution in [3.63, 3.8) is 0 Å². The first-order valence-corrected chi connectivity index (χ1v) is 6.71. The van der Waals surface area contributed by atoms with E-state index in [1.54, 1.807) is 0 Å². The van der Waals surface area contributed by atoms with E-state index in [9.17, 15) is 4.79 Å². The fraction of sp³-hybridized carbons (Fsp3) is 0.769. The van der Waals surface area contributed by atoms with Gasteiger partial charge in [0.25, 0.3) is 0 Å². The number of rotatable bonds is 3. The van der Waals surface area contributed by atoms with Crippen LogP contribution in [0, 0.1) is 11.3 Å². The van der Waals surface area contributed by atoms with E-state index in [0.717, 1.165) is 19.4 Å². The minimum atomic E-state index is -0.871. The highest BCUT2D eigenvalue weighted by molar-refractivity contribution is 6.29. The van der Waals surface area contributed by atoms with Crippen LogP contribution in [0.1, 0.15) is 26.7 Å². The number of nitrogens with two attached hydrogens (primary N) is 1. The second kappa shape index (κ2) is 4.51. The molecule has 1 amide bonds. The third-order valence-corrected chi connectivity index (χ3v) is 4.63. The van der Waals surface area contributed by atoms with Gasteiger partial charge in [0.1, 0.15) is 5.54 Å². The van der Waals surface area contributed by atoms with Crippen LogP contribution in [0.2, 0.25) is 0 Å². The molecule has 2 rings (SSSR count). The first-order valence-electron chi connectivity index (χ1n) is 6.34. The highest BCUT2D eigenvalue weighted by Gasteiger charge is 2.70. The fourth-order valence-corrected chi connectivity index (χ4v) is 3.43. The smallest absolute Gasteiger partial charge is 0.241 e. The van der Waals surface area contributed by atoms with Crippen molar-refractivity contribution in [2.75, 3.05) is 13.2 Å². The highest BCUT2D eigenvalue weighted by atomic mass is 35.5. The Morgan fingerprint density at radius 1 is 1.61 bits per heavy atom. The molecule has 0 aromatic carbocycles. The van der Waals surface area contributed by atoms with E-state index >= 15 is 0 Å². The zero-order valence-corrected chi connectivity index (χ0v) is 11.7. The number of carbonyl (C=O) groups is 1. The molecule has 1 heterocycles. The molecule has 3 atom stereocenters. The van der Waals surface area contributed by atoms with Crippen LogP contribution in [-0.2, 0) is 9.53 Å². The zero-order chi connectivity index (χ0) is 13.6.